The Balaban J connectivity index is 2.16. The zero-order valence-corrected chi connectivity index (χ0v) is 15.3. The van der Waals surface area contributed by atoms with Crippen LogP contribution in [0.2, 0.25) is 0 Å². The summed E-state index contributed by atoms with van der Waals surface area (Å²) in [6.07, 6.45) is -1.97. The number of benzene rings is 2. The second-order valence-corrected chi connectivity index (χ2v) is 5.80. The van der Waals surface area contributed by atoms with Crippen LogP contribution in [0.15, 0.2) is 30.3 Å². The fourth-order valence-corrected chi connectivity index (χ4v) is 2.63. The highest BCUT2D eigenvalue weighted by atomic mass is 19.3. The highest BCUT2D eigenvalue weighted by Crippen LogP contribution is 2.38. The van der Waals surface area contributed by atoms with E-state index in [0.29, 0.717) is 42.7 Å². The number of nitrogens with two attached hydrogens (primary N) is 1. The smallest absolute Gasteiger partial charge is 0.394 e. The summed E-state index contributed by atoms with van der Waals surface area (Å²) in [5.41, 5.74) is 8.18. The maximum absolute atomic E-state index is 12.9. The largest absolute Gasteiger partial charge is 0.493 e. The van der Waals surface area contributed by atoms with E-state index in [9.17, 15) is 8.78 Å². The molecule has 142 valence electrons. The molecule has 0 aliphatic carbocycles. The van der Waals surface area contributed by atoms with Crippen molar-refractivity contribution in [3.05, 3.63) is 41.5 Å². The Labute approximate surface area is 151 Å². The van der Waals surface area contributed by atoms with Crippen molar-refractivity contribution in [3.63, 3.8) is 0 Å². The van der Waals surface area contributed by atoms with Gasteiger partial charge in [-0.15, -0.1) is 0 Å². The molecule has 0 heterocycles. The Hall–Kier alpha value is -2.70. The van der Waals surface area contributed by atoms with E-state index in [1.807, 2.05) is 12.1 Å². The zero-order valence-electron chi connectivity index (χ0n) is 15.3. The number of nitrogen functional groups attached to an aromatic ring is 1. The summed E-state index contributed by atoms with van der Waals surface area (Å²) in [6, 6.07) is 8.31. The lowest BCUT2D eigenvalue weighted by molar-refractivity contribution is -0.158. The number of hydrogen-bond donors (Lipinski definition) is 1. The van der Waals surface area contributed by atoms with E-state index in [4.69, 9.17) is 19.9 Å². The predicted octanol–water partition coefficient (Wildman–Crippen LogP) is 4.07. The van der Waals surface area contributed by atoms with E-state index in [1.54, 1.807) is 27.4 Å². The van der Waals surface area contributed by atoms with Gasteiger partial charge in [-0.3, -0.25) is 0 Å². The van der Waals surface area contributed by atoms with Crippen molar-refractivity contribution in [1.29, 1.82) is 0 Å². The van der Waals surface area contributed by atoms with E-state index in [1.165, 1.54) is 12.1 Å². The van der Waals surface area contributed by atoms with Gasteiger partial charge in [-0.25, -0.2) is 0 Å². The molecule has 0 fully saturated rings. The number of aryl methyl sites for hydroxylation is 2. The van der Waals surface area contributed by atoms with Crippen molar-refractivity contribution in [2.45, 2.75) is 25.9 Å². The molecule has 2 rings (SSSR count). The van der Waals surface area contributed by atoms with Gasteiger partial charge in [-0.1, -0.05) is 6.07 Å². The predicted molar refractivity (Wildman–Crippen MR) is 95.6 cm³/mol. The third kappa shape index (κ3) is 4.91. The molecule has 0 aromatic heterocycles. The number of halogens is 2. The van der Waals surface area contributed by atoms with Crippen LogP contribution in [0.25, 0.3) is 0 Å². The number of ether oxygens (including phenoxy) is 4. The molecule has 0 unspecified atom stereocenters. The molecule has 0 amide bonds. The second-order valence-electron chi connectivity index (χ2n) is 5.80. The lowest BCUT2D eigenvalue weighted by atomic mass is 10.0. The van der Waals surface area contributed by atoms with Crippen LogP contribution in [0.3, 0.4) is 0 Å². The van der Waals surface area contributed by atoms with Crippen molar-refractivity contribution >= 4 is 5.69 Å². The van der Waals surface area contributed by atoms with E-state index in [0.717, 1.165) is 11.1 Å². The van der Waals surface area contributed by atoms with Gasteiger partial charge < -0.3 is 24.7 Å². The van der Waals surface area contributed by atoms with Crippen molar-refractivity contribution in [2.24, 2.45) is 0 Å². The minimum atomic E-state index is -3.25. The monoisotopic (exact) mass is 367 g/mol. The molecule has 0 aliphatic heterocycles. The van der Waals surface area contributed by atoms with Crippen molar-refractivity contribution in [3.8, 4) is 23.0 Å². The maximum Gasteiger partial charge on any atom is 0.394 e. The van der Waals surface area contributed by atoms with Crippen LogP contribution in [0, 0.1) is 0 Å². The fourth-order valence-electron chi connectivity index (χ4n) is 2.63. The lowest BCUT2D eigenvalue weighted by Crippen LogP contribution is -2.19. The van der Waals surface area contributed by atoms with E-state index >= 15 is 0 Å². The van der Waals surface area contributed by atoms with Gasteiger partial charge in [0, 0.05) is 18.7 Å². The van der Waals surface area contributed by atoms with Gasteiger partial charge >= 0.3 is 6.11 Å². The van der Waals surface area contributed by atoms with Gasteiger partial charge in [0.25, 0.3) is 0 Å². The minimum absolute atomic E-state index is 0.0338. The first-order valence-electron chi connectivity index (χ1n) is 8.01. The Morgan fingerprint density at radius 2 is 1.54 bits per heavy atom. The minimum Gasteiger partial charge on any atom is -0.493 e. The van der Waals surface area contributed by atoms with Gasteiger partial charge in [0.1, 0.15) is 5.75 Å². The standard InChI is InChI=1S/C19H23F2NO4/c1-19(20,21)26-14-8-7-13(15(22)11-14)6-5-12-9-16(23-2)18(25-4)17(10-12)24-3/h7-11H,5-6,22H2,1-4H3. The molecule has 7 heteroatoms. The molecule has 0 spiro atoms. The van der Waals surface area contributed by atoms with Gasteiger partial charge in [-0.05, 0) is 42.2 Å². The van der Waals surface area contributed by atoms with Gasteiger partial charge in [0.15, 0.2) is 11.5 Å². The second kappa shape index (κ2) is 8.12. The van der Waals surface area contributed by atoms with Crippen LogP contribution in [0.5, 0.6) is 23.0 Å². The fraction of sp³-hybridized carbons (Fsp3) is 0.368. The van der Waals surface area contributed by atoms with E-state index < -0.39 is 6.11 Å². The number of anilines is 1. The highest BCUT2D eigenvalue weighted by Gasteiger charge is 2.23. The van der Waals surface area contributed by atoms with E-state index in [-0.39, 0.29) is 5.75 Å². The molecule has 2 N–H and O–H groups in total. The zero-order chi connectivity index (χ0) is 19.3. The molecule has 5 nitrogen and oxygen atoms in total. The molecular weight excluding hydrogens is 344 g/mol. The molecule has 0 saturated heterocycles. The Morgan fingerprint density at radius 3 is 2.00 bits per heavy atom. The third-order valence-corrected chi connectivity index (χ3v) is 3.82. The average molecular weight is 367 g/mol. The lowest BCUT2D eigenvalue weighted by Gasteiger charge is -2.15. The van der Waals surface area contributed by atoms with E-state index in [2.05, 4.69) is 4.74 Å². The number of rotatable bonds is 8. The number of hydrogen-bond acceptors (Lipinski definition) is 5. The Bertz CT molecular complexity index is 735. The van der Waals surface area contributed by atoms with Gasteiger partial charge in [-0.2, -0.15) is 8.78 Å². The third-order valence-electron chi connectivity index (χ3n) is 3.82. The quantitative estimate of drug-likeness (QED) is 0.713. The van der Waals surface area contributed by atoms with Crippen LogP contribution >= 0.6 is 0 Å². The van der Waals surface area contributed by atoms with Crippen molar-refractivity contribution in [2.75, 3.05) is 27.1 Å². The molecule has 2 aromatic carbocycles. The van der Waals surface area contributed by atoms with Crippen LogP contribution in [-0.4, -0.2) is 27.4 Å². The summed E-state index contributed by atoms with van der Waals surface area (Å²) in [6.45, 7) is 0.682. The van der Waals surface area contributed by atoms with Crippen molar-refractivity contribution < 1.29 is 27.7 Å². The summed E-state index contributed by atoms with van der Waals surface area (Å²) in [5.74, 6) is 1.71. The van der Waals surface area contributed by atoms with Gasteiger partial charge in [0.05, 0.1) is 21.3 Å². The first-order valence-corrected chi connectivity index (χ1v) is 8.01. The number of methoxy groups -OCH3 is 3. The van der Waals surface area contributed by atoms with Gasteiger partial charge in [0.2, 0.25) is 5.75 Å². The first-order chi connectivity index (χ1) is 12.3. The van der Waals surface area contributed by atoms with Crippen LogP contribution in [0.1, 0.15) is 18.1 Å². The summed E-state index contributed by atoms with van der Waals surface area (Å²) in [4.78, 5) is 0. The van der Waals surface area contributed by atoms with Crippen LogP contribution in [-0.2, 0) is 12.8 Å². The molecule has 0 saturated carbocycles. The Kier molecular flexibility index (Phi) is 6.13. The Morgan fingerprint density at radius 1 is 0.923 bits per heavy atom. The summed E-state index contributed by atoms with van der Waals surface area (Å²) in [7, 11) is 4.66. The molecule has 26 heavy (non-hydrogen) atoms. The normalized spacial score (nSPS) is 11.2. The average Bonchev–Trinajstić information content (AvgIpc) is 2.58. The van der Waals surface area contributed by atoms with Crippen LogP contribution in [0.4, 0.5) is 14.5 Å². The molecule has 0 aliphatic rings. The van der Waals surface area contributed by atoms with Crippen LogP contribution < -0.4 is 24.7 Å². The molecular formula is C19H23F2NO4. The van der Waals surface area contributed by atoms with Crippen molar-refractivity contribution in [1.82, 2.24) is 0 Å². The summed E-state index contributed by atoms with van der Waals surface area (Å²) < 4.78 is 46.3. The highest BCUT2D eigenvalue weighted by molar-refractivity contribution is 5.55. The summed E-state index contributed by atoms with van der Waals surface area (Å²) >= 11 is 0. The first kappa shape index (κ1) is 19.6. The SMILES string of the molecule is COc1cc(CCc2ccc(OC(C)(F)F)cc2N)cc(OC)c1OC. The molecule has 0 bridgehead atoms. The summed E-state index contributed by atoms with van der Waals surface area (Å²) in [5, 5.41) is 0. The molecule has 0 atom stereocenters. The number of alkyl halides is 2. The maximum atomic E-state index is 12.9. The molecule has 0 radical (unpaired) electrons. The topological polar surface area (TPSA) is 62.9 Å². The molecule has 2 aromatic rings.